The molecule has 0 spiro atoms. The number of aliphatic imine (C=N–C) groups is 1. The zero-order valence-corrected chi connectivity index (χ0v) is 19.9. The molecule has 1 heterocycles. The smallest absolute Gasteiger partial charge is 0.191 e. The lowest BCUT2D eigenvalue weighted by atomic mass is 10.2. The fourth-order valence-electron chi connectivity index (χ4n) is 2.89. The van der Waals surface area contributed by atoms with E-state index in [4.69, 9.17) is 9.47 Å². The first-order valence-electron chi connectivity index (χ1n) is 9.13. The standard InChI is InChI=1S/C20H31N5O2.HI/c1-14(13-25-16(3)9-15(2)24-25)11-22-20(21-4)23-12-17-7-8-18(26-5)19(10-17)27-6;/h7-10,14H,11-13H2,1-6H3,(H2,21,22,23);1H. The molecule has 0 fully saturated rings. The number of hydrogen-bond donors (Lipinski definition) is 2. The maximum absolute atomic E-state index is 5.35. The summed E-state index contributed by atoms with van der Waals surface area (Å²) < 4.78 is 12.7. The molecule has 0 amide bonds. The van der Waals surface area contributed by atoms with E-state index in [1.54, 1.807) is 21.3 Å². The van der Waals surface area contributed by atoms with Crippen molar-refractivity contribution in [3.63, 3.8) is 0 Å². The van der Waals surface area contributed by atoms with Crippen molar-refractivity contribution in [3.05, 3.63) is 41.2 Å². The Morgan fingerprint density at radius 3 is 2.43 bits per heavy atom. The first-order chi connectivity index (χ1) is 13.0. The SMILES string of the molecule is CN=C(NCc1ccc(OC)c(OC)c1)NCC(C)Cn1nc(C)cc1C.I. The van der Waals surface area contributed by atoms with Gasteiger partial charge in [0.25, 0.3) is 0 Å². The van der Waals surface area contributed by atoms with Crippen LogP contribution in [0.3, 0.4) is 0 Å². The monoisotopic (exact) mass is 501 g/mol. The Bertz CT molecular complexity index is 776. The van der Waals surface area contributed by atoms with Gasteiger partial charge in [-0.1, -0.05) is 13.0 Å². The minimum absolute atomic E-state index is 0. The van der Waals surface area contributed by atoms with E-state index in [1.807, 2.05) is 25.1 Å². The molecule has 1 aromatic carbocycles. The van der Waals surface area contributed by atoms with E-state index in [9.17, 15) is 0 Å². The van der Waals surface area contributed by atoms with Gasteiger partial charge in [-0.3, -0.25) is 9.67 Å². The van der Waals surface area contributed by atoms with Crippen LogP contribution in [-0.2, 0) is 13.1 Å². The Hall–Kier alpha value is -1.97. The fourth-order valence-corrected chi connectivity index (χ4v) is 2.89. The summed E-state index contributed by atoms with van der Waals surface area (Å²) in [5, 5.41) is 11.2. The molecule has 7 nitrogen and oxygen atoms in total. The van der Waals surface area contributed by atoms with Gasteiger partial charge >= 0.3 is 0 Å². The number of benzene rings is 1. The molecule has 2 aromatic rings. The van der Waals surface area contributed by atoms with Crippen molar-refractivity contribution >= 4 is 29.9 Å². The van der Waals surface area contributed by atoms with Crippen LogP contribution in [0.5, 0.6) is 11.5 Å². The van der Waals surface area contributed by atoms with Crippen molar-refractivity contribution in [2.75, 3.05) is 27.8 Å². The van der Waals surface area contributed by atoms with Crippen LogP contribution >= 0.6 is 24.0 Å². The predicted molar refractivity (Wildman–Crippen MR) is 124 cm³/mol. The summed E-state index contributed by atoms with van der Waals surface area (Å²) in [5.74, 6) is 2.63. The summed E-state index contributed by atoms with van der Waals surface area (Å²) >= 11 is 0. The molecule has 1 aromatic heterocycles. The zero-order valence-electron chi connectivity index (χ0n) is 17.6. The molecule has 0 bridgehead atoms. The molecule has 0 aliphatic carbocycles. The van der Waals surface area contributed by atoms with Crippen LogP contribution in [0.2, 0.25) is 0 Å². The van der Waals surface area contributed by atoms with Crippen molar-refractivity contribution < 1.29 is 9.47 Å². The van der Waals surface area contributed by atoms with Gasteiger partial charge in [-0.2, -0.15) is 5.10 Å². The van der Waals surface area contributed by atoms with Gasteiger partial charge in [0.2, 0.25) is 0 Å². The van der Waals surface area contributed by atoms with Gasteiger partial charge in [0, 0.05) is 32.4 Å². The van der Waals surface area contributed by atoms with Gasteiger partial charge < -0.3 is 20.1 Å². The van der Waals surface area contributed by atoms with Crippen molar-refractivity contribution in [2.24, 2.45) is 10.9 Å². The van der Waals surface area contributed by atoms with Gasteiger partial charge in [0.05, 0.1) is 19.9 Å². The molecule has 0 aliphatic rings. The van der Waals surface area contributed by atoms with E-state index in [-0.39, 0.29) is 24.0 Å². The molecule has 1 atom stereocenters. The third kappa shape index (κ3) is 6.88. The lowest BCUT2D eigenvalue weighted by Gasteiger charge is -2.17. The highest BCUT2D eigenvalue weighted by Gasteiger charge is 2.09. The minimum atomic E-state index is 0. The minimum Gasteiger partial charge on any atom is -0.493 e. The van der Waals surface area contributed by atoms with Crippen LogP contribution < -0.4 is 20.1 Å². The Labute approximate surface area is 184 Å². The summed E-state index contributed by atoms with van der Waals surface area (Å²) in [4.78, 5) is 4.30. The molecule has 8 heteroatoms. The Morgan fingerprint density at radius 2 is 1.86 bits per heavy atom. The Balaban J connectivity index is 0.00000392. The maximum Gasteiger partial charge on any atom is 0.191 e. The third-order valence-corrected chi connectivity index (χ3v) is 4.34. The number of nitrogens with zero attached hydrogens (tertiary/aromatic N) is 3. The number of halogens is 1. The first kappa shape index (κ1) is 24.1. The average molecular weight is 501 g/mol. The highest BCUT2D eigenvalue weighted by Crippen LogP contribution is 2.27. The predicted octanol–water partition coefficient (Wildman–Crippen LogP) is 3.14. The van der Waals surface area contributed by atoms with Gasteiger partial charge in [-0.15, -0.1) is 24.0 Å². The quantitative estimate of drug-likeness (QED) is 0.331. The molecule has 2 rings (SSSR count). The van der Waals surface area contributed by atoms with Crippen molar-refractivity contribution in [3.8, 4) is 11.5 Å². The van der Waals surface area contributed by atoms with E-state index in [1.165, 1.54) is 5.69 Å². The lowest BCUT2D eigenvalue weighted by molar-refractivity contribution is 0.354. The van der Waals surface area contributed by atoms with E-state index in [0.717, 1.165) is 41.8 Å². The van der Waals surface area contributed by atoms with Crippen molar-refractivity contribution in [1.82, 2.24) is 20.4 Å². The molecule has 156 valence electrons. The molecule has 0 radical (unpaired) electrons. The highest BCUT2D eigenvalue weighted by atomic mass is 127. The number of aryl methyl sites for hydroxylation is 2. The summed E-state index contributed by atoms with van der Waals surface area (Å²) in [6.45, 7) is 8.64. The zero-order chi connectivity index (χ0) is 19.8. The number of guanidine groups is 1. The first-order valence-corrected chi connectivity index (χ1v) is 9.13. The Morgan fingerprint density at radius 1 is 1.14 bits per heavy atom. The third-order valence-electron chi connectivity index (χ3n) is 4.34. The Kier molecular flexibility index (Phi) is 10.1. The van der Waals surface area contributed by atoms with Crippen molar-refractivity contribution in [1.29, 1.82) is 0 Å². The van der Waals surface area contributed by atoms with E-state index in [0.29, 0.717) is 12.5 Å². The van der Waals surface area contributed by atoms with Gasteiger partial charge in [-0.25, -0.2) is 0 Å². The molecule has 28 heavy (non-hydrogen) atoms. The molecule has 2 N–H and O–H groups in total. The number of hydrogen-bond acceptors (Lipinski definition) is 4. The van der Waals surface area contributed by atoms with Crippen LogP contribution in [0.25, 0.3) is 0 Å². The normalized spacial score (nSPS) is 12.1. The largest absolute Gasteiger partial charge is 0.493 e. The van der Waals surface area contributed by atoms with Gasteiger partial charge in [0.15, 0.2) is 17.5 Å². The number of ether oxygens (including phenoxy) is 2. The van der Waals surface area contributed by atoms with Gasteiger partial charge in [-0.05, 0) is 43.5 Å². The van der Waals surface area contributed by atoms with Crippen LogP contribution in [-0.4, -0.2) is 43.6 Å². The summed E-state index contributed by atoms with van der Waals surface area (Å²) in [6, 6.07) is 7.98. The van der Waals surface area contributed by atoms with E-state index < -0.39 is 0 Å². The molecular weight excluding hydrogens is 469 g/mol. The maximum atomic E-state index is 5.35. The highest BCUT2D eigenvalue weighted by molar-refractivity contribution is 14.0. The number of aromatic nitrogens is 2. The number of nitrogens with one attached hydrogen (secondary N) is 2. The molecule has 0 saturated carbocycles. The van der Waals surface area contributed by atoms with Crippen LogP contribution in [0.1, 0.15) is 23.9 Å². The van der Waals surface area contributed by atoms with Crippen molar-refractivity contribution in [2.45, 2.75) is 33.9 Å². The topological polar surface area (TPSA) is 72.7 Å². The van der Waals surface area contributed by atoms with Crippen LogP contribution in [0, 0.1) is 19.8 Å². The lowest BCUT2D eigenvalue weighted by Crippen LogP contribution is -2.39. The number of rotatable bonds is 8. The molecule has 0 saturated heterocycles. The second-order valence-electron chi connectivity index (χ2n) is 6.71. The van der Waals surface area contributed by atoms with Crippen LogP contribution in [0.4, 0.5) is 0 Å². The van der Waals surface area contributed by atoms with Gasteiger partial charge in [0.1, 0.15) is 0 Å². The molecule has 0 aliphatic heterocycles. The summed E-state index contributed by atoms with van der Waals surface area (Å²) in [6.07, 6.45) is 0. The summed E-state index contributed by atoms with van der Waals surface area (Å²) in [5.41, 5.74) is 3.33. The average Bonchev–Trinajstić information content (AvgIpc) is 2.98. The molecule has 1 unspecified atom stereocenters. The second-order valence-corrected chi connectivity index (χ2v) is 6.71. The molecular formula is C20H32IN5O2. The second kappa shape index (κ2) is 11.8. The van der Waals surface area contributed by atoms with Crippen LogP contribution in [0.15, 0.2) is 29.3 Å². The fraction of sp³-hybridized carbons (Fsp3) is 0.500. The summed E-state index contributed by atoms with van der Waals surface area (Å²) in [7, 11) is 5.05. The van der Waals surface area contributed by atoms with E-state index in [2.05, 4.69) is 45.3 Å². The van der Waals surface area contributed by atoms with E-state index >= 15 is 0 Å². The number of methoxy groups -OCH3 is 2.